The van der Waals surface area contributed by atoms with Crippen molar-refractivity contribution in [1.29, 1.82) is 0 Å². The zero-order chi connectivity index (χ0) is 16.1. The Morgan fingerprint density at radius 2 is 2.00 bits per heavy atom. The number of hydrogen-bond donors (Lipinski definition) is 0. The van der Waals surface area contributed by atoms with E-state index >= 15 is 0 Å². The lowest BCUT2D eigenvalue weighted by Gasteiger charge is -2.25. The fraction of sp³-hybridized carbons (Fsp3) is 0.467. The number of tetrazole rings is 1. The van der Waals surface area contributed by atoms with Crippen LogP contribution in [0, 0.1) is 18.6 Å². The monoisotopic (exact) mass is 332 g/mol. The van der Waals surface area contributed by atoms with Gasteiger partial charge in [-0.05, 0) is 47.6 Å². The van der Waals surface area contributed by atoms with Crippen LogP contribution in [0.1, 0.15) is 23.6 Å². The van der Waals surface area contributed by atoms with E-state index in [-0.39, 0.29) is 17.9 Å². The molecule has 0 radical (unpaired) electrons. The number of rotatable bonds is 2. The van der Waals surface area contributed by atoms with E-state index in [4.69, 9.17) is 21.7 Å². The maximum atomic E-state index is 12.0. The molecule has 3 atom stereocenters. The number of para-hydroxylation sites is 1. The molecular formula is C15H16N4O3S. The highest BCUT2D eigenvalue weighted by Crippen LogP contribution is 2.32. The van der Waals surface area contributed by atoms with Crippen LogP contribution in [0.15, 0.2) is 18.2 Å². The van der Waals surface area contributed by atoms with E-state index in [9.17, 15) is 4.79 Å². The van der Waals surface area contributed by atoms with E-state index in [1.807, 2.05) is 32.0 Å². The minimum atomic E-state index is -0.723. The molecule has 1 aromatic heterocycles. The molecular weight excluding hydrogens is 316 g/mol. The first-order valence-electron chi connectivity index (χ1n) is 7.47. The lowest BCUT2D eigenvalue weighted by molar-refractivity contribution is -0.156. The van der Waals surface area contributed by atoms with Crippen LogP contribution < -0.4 is 0 Å². The number of fused-ring (bicyclic) bond motifs is 2. The average Bonchev–Trinajstić information content (AvgIpc) is 3.10. The molecule has 4 rings (SSSR count). The zero-order valence-corrected chi connectivity index (χ0v) is 13.6. The molecule has 120 valence electrons. The van der Waals surface area contributed by atoms with Crippen molar-refractivity contribution < 1.29 is 14.3 Å². The Kier molecular flexibility index (Phi) is 3.40. The van der Waals surface area contributed by atoms with Gasteiger partial charge in [0.1, 0.15) is 6.10 Å². The smallest absolute Gasteiger partial charge is 0.221 e. The van der Waals surface area contributed by atoms with Gasteiger partial charge >= 0.3 is 0 Å². The first kappa shape index (κ1) is 14.7. The van der Waals surface area contributed by atoms with E-state index in [0.717, 1.165) is 16.8 Å². The largest absolute Gasteiger partial charge is 0.343 e. The van der Waals surface area contributed by atoms with Crippen molar-refractivity contribution in [2.75, 3.05) is 6.61 Å². The maximum Gasteiger partial charge on any atom is 0.221 e. The molecule has 0 unspecified atom stereocenters. The molecule has 2 aliphatic rings. The summed E-state index contributed by atoms with van der Waals surface area (Å²) in [6, 6.07) is 5.73. The standard InChI is InChI=1S/C15H16N4O3S/c1-8-4-3-5-9(2)13(8)19-15(23)18(16-17-19)10-6-11(20)14-21-7-12(10)22-14/h3-5,10,12,14H,6-7H2,1-2H3/t10-,12+,14+/m1/s1. The number of nitrogens with zero attached hydrogens (tertiary/aromatic N) is 4. The van der Waals surface area contributed by atoms with Crippen molar-refractivity contribution in [2.45, 2.75) is 38.7 Å². The van der Waals surface area contributed by atoms with Gasteiger partial charge in [0.05, 0.1) is 18.3 Å². The average molecular weight is 332 g/mol. The number of ether oxygens (including phenoxy) is 2. The summed E-state index contributed by atoms with van der Waals surface area (Å²) >= 11 is 5.55. The third-order valence-corrected chi connectivity index (χ3v) is 4.74. The number of carbonyl (C=O) groups excluding carboxylic acids is 1. The van der Waals surface area contributed by atoms with E-state index in [2.05, 4.69) is 10.4 Å². The van der Waals surface area contributed by atoms with Crippen LogP contribution in [-0.4, -0.2) is 44.6 Å². The van der Waals surface area contributed by atoms with E-state index < -0.39 is 6.29 Å². The van der Waals surface area contributed by atoms with Crippen molar-refractivity contribution >= 4 is 18.0 Å². The lowest BCUT2D eigenvalue weighted by Crippen LogP contribution is -2.37. The van der Waals surface area contributed by atoms with Crippen LogP contribution in [0.25, 0.3) is 5.69 Å². The van der Waals surface area contributed by atoms with Gasteiger partial charge < -0.3 is 9.47 Å². The highest BCUT2D eigenvalue weighted by Gasteiger charge is 2.45. The molecule has 2 bridgehead atoms. The molecule has 2 saturated heterocycles. The van der Waals surface area contributed by atoms with Crippen molar-refractivity contribution in [2.24, 2.45) is 0 Å². The van der Waals surface area contributed by atoms with Gasteiger partial charge in [0.25, 0.3) is 0 Å². The Morgan fingerprint density at radius 3 is 2.74 bits per heavy atom. The number of ketones is 1. The van der Waals surface area contributed by atoms with Crippen molar-refractivity contribution in [3.63, 3.8) is 0 Å². The highest BCUT2D eigenvalue weighted by atomic mass is 32.1. The molecule has 7 nitrogen and oxygen atoms in total. The summed E-state index contributed by atoms with van der Waals surface area (Å²) < 4.78 is 14.6. The van der Waals surface area contributed by atoms with E-state index in [1.54, 1.807) is 9.36 Å². The van der Waals surface area contributed by atoms with Gasteiger partial charge in [-0.25, -0.2) is 4.68 Å². The second-order valence-electron chi connectivity index (χ2n) is 5.94. The number of benzene rings is 1. The Morgan fingerprint density at radius 1 is 1.26 bits per heavy atom. The summed E-state index contributed by atoms with van der Waals surface area (Å²) in [6.07, 6.45) is -0.638. The van der Waals surface area contributed by atoms with E-state index in [0.29, 0.717) is 17.8 Å². The molecule has 0 spiro atoms. The fourth-order valence-electron chi connectivity index (χ4n) is 3.21. The number of aryl methyl sites for hydroxylation is 2. The second kappa shape index (κ2) is 5.33. The van der Waals surface area contributed by atoms with Gasteiger partial charge in [-0.3, -0.25) is 4.79 Å². The van der Waals surface area contributed by atoms with Gasteiger partial charge in [0.15, 0.2) is 5.78 Å². The van der Waals surface area contributed by atoms with Gasteiger partial charge in [0, 0.05) is 6.42 Å². The molecule has 3 heterocycles. The number of carbonyl (C=O) groups is 1. The van der Waals surface area contributed by atoms with Gasteiger partial charge in [-0.2, -0.15) is 4.68 Å². The highest BCUT2D eigenvalue weighted by molar-refractivity contribution is 7.71. The van der Waals surface area contributed by atoms with Crippen molar-refractivity contribution in [3.05, 3.63) is 34.1 Å². The quantitative estimate of drug-likeness (QED) is 0.779. The second-order valence-corrected chi connectivity index (χ2v) is 6.30. The zero-order valence-electron chi connectivity index (χ0n) is 12.8. The summed E-state index contributed by atoms with van der Waals surface area (Å²) in [6.45, 7) is 4.39. The third kappa shape index (κ3) is 2.25. The predicted octanol–water partition coefficient (Wildman–Crippen LogP) is 1.67. The molecule has 0 amide bonds. The van der Waals surface area contributed by atoms with Crippen LogP contribution in [0.4, 0.5) is 0 Å². The number of Topliss-reactive ketones (excluding diaryl/α,β-unsaturated/α-hetero) is 1. The fourth-order valence-corrected chi connectivity index (χ4v) is 3.51. The predicted molar refractivity (Wildman–Crippen MR) is 82.9 cm³/mol. The van der Waals surface area contributed by atoms with E-state index in [1.165, 1.54) is 0 Å². The Labute approximate surface area is 137 Å². The summed E-state index contributed by atoms with van der Waals surface area (Å²) in [7, 11) is 0. The number of hydrogen-bond acceptors (Lipinski definition) is 6. The molecule has 0 aliphatic carbocycles. The van der Waals surface area contributed by atoms with Crippen LogP contribution in [0.2, 0.25) is 0 Å². The molecule has 8 heteroatoms. The normalized spacial score (nSPS) is 26.7. The minimum Gasteiger partial charge on any atom is -0.343 e. The van der Waals surface area contributed by atoms with Crippen LogP contribution in [-0.2, 0) is 14.3 Å². The van der Waals surface area contributed by atoms with Gasteiger partial charge in [0.2, 0.25) is 11.1 Å². The molecule has 23 heavy (non-hydrogen) atoms. The molecule has 0 saturated carbocycles. The van der Waals surface area contributed by atoms with Crippen molar-refractivity contribution in [1.82, 2.24) is 19.8 Å². The first-order valence-corrected chi connectivity index (χ1v) is 7.88. The third-order valence-electron chi connectivity index (χ3n) is 4.38. The SMILES string of the molecule is Cc1cccc(C)c1-n1nnn([C@@H]2CC(=O)[C@H]3OC[C@@H]2O3)c1=S. The molecule has 2 aliphatic heterocycles. The lowest BCUT2D eigenvalue weighted by atomic mass is 10.0. The van der Waals surface area contributed by atoms with Crippen LogP contribution in [0.5, 0.6) is 0 Å². The maximum absolute atomic E-state index is 12.0. The molecule has 0 N–H and O–H groups in total. The van der Waals surface area contributed by atoms with Crippen molar-refractivity contribution in [3.8, 4) is 5.69 Å². The molecule has 2 aromatic rings. The van der Waals surface area contributed by atoms with Gasteiger partial charge in [-0.15, -0.1) is 0 Å². The Hall–Kier alpha value is -1.90. The van der Waals surface area contributed by atoms with Crippen LogP contribution >= 0.6 is 12.2 Å². The van der Waals surface area contributed by atoms with Crippen LogP contribution in [0.3, 0.4) is 0 Å². The summed E-state index contributed by atoms with van der Waals surface area (Å²) in [4.78, 5) is 12.0. The Balaban J connectivity index is 1.77. The topological polar surface area (TPSA) is 71.2 Å². The molecule has 2 fully saturated rings. The minimum absolute atomic E-state index is 0.0766. The summed E-state index contributed by atoms with van der Waals surface area (Å²) in [5.74, 6) is -0.0766. The summed E-state index contributed by atoms with van der Waals surface area (Å²) in [5.41, 5.74) is 3.05. The molecule has 1 aromatic carbocycles. The summed E-state index contributed by atoms with van der Waals surface area (Å²) in [5, 5.41) is 8.39. The first-order chi connectivity index (χ1) is 11.1. The number of aromatic nitrogens is 4. The van der Waals surface area contributed by atoms with Gasteiger partial charge in [-0.1, -0.05) is 18.2 Å². The Bertz CT molecular complexity index is 823.